The normalized spacial score (nSPS) is 20.6. The number of nitrogens with zero attached hydrogens (tertiary/aromatic N) is 1. The molecule has 0 radical (unpaired) electrons. The number of ketones is 1. The molecule has 0 amide bonds. The van der Waals surface area contributed by atoms with Crippen molar-refractivity contribution in [2.75, 3.05) is 11.9 Å². The number of hydrogen-bond donors (Lipinski definition) is 0. The Morgan fingerprint density at radius 3 is 2.05 bits per heavy atom. The molecule has 5 aromatic carbocycles. The molecule has 1 aliphatic heterocycles. The molecule has 0 aromatic heterocycles. The molecule has 0 unspecified atom stereocenters. The first-order valence-corrected chi connectivity index (χ1v) is 16.1. The lowest BCUT2D eigenvalue weighted by atomic mass is 9.57. The average molecular weight is 689 g/mol. The summed E-state index contributed by atoms with van der Waals surface area (Å²) in [6.07, 6.45) is 4.63. The molecule has 1 spiro atoms. The first-order chi connectivity index (χ1) is 20.7. The molecule has 0 saturated carbocycles. The molecule has 1 aliphatic carbocycles. The van der Waals surface area contributed by atoms with Gasteiger partial charge in [-0.25, -0.2) is 0 Å². The van der Waals surface area contributed by atoms with Gasteiger partial charge in [-0.15, -0.1) is 0 Å². The fourth-order valence-corrected chi connectivity index (χ4v) is 8.04. The molecular weight excluding hydrogens is 658 g/mol. The van der Waals surface area contributed by atoms with Crippen LogP contribution in [0.1, 0.15) is 40.9 Å². The fourth-order valence-electron chi connectivity index (χ4n) is 7.51. The zero-order valence-corrected chi connectivity index (χ0v) is 27.5. The monoisotopic (exact) mass is 687 g/mol. The van der Waals surface area contributed by atoms with E-state index in [1.807, 2.05) is 30.3 Å². The Morgan fingerprint density at radius 1 is 0.721 bits per heavy atom. The summed E-state index contributed by atoms with van der Waals surface area (Å²) in [4.78, 5) is 17.5. The van der Waals surface area contributed by atoms with E-state index >= 15 is 4.79 Å². The molecule has 2 nitrogen and oxygen atoms in total. The highest BCUT2D eigenvalue weighted by molar-refractivity contribution is 9.10. The predicted octanol–water partition coefficient (Wildman–Crippen LogP) is 10.5. The van der Waals surface area contributed by atoms with Crippen LogP contribution < -0.4 is 4.90 Å². The van der Waals surface area contributed by atoms with E-state index < -0.39 is 16.9 Å². The maximum absolute atomic E-state index is 15.1. The number of carbonyl (C=O) groups excluding carboxylic acids is 1. The molecular formula is C39H31Br2NO. The largest absolute Gasteiger partial charge is 0.363 e. The van der Waals surface area contributed by atoms with Crippen molar-refractivity contribution in [3.8, 4) is 0 Å². The summed E-state index contributed by atoms with van der Waals surface area (Å²) in [5, 5.41) is 2.44. The lowest BCUT2D eigenvalue weighted by Crippen LogP contribution is -2.61. The van der Waals surface area contributed by atoms with Crippen molar-refractivity contribution in [2.24, 2.45) is 5.92 Å². The van der Waals surface area contributed by atoms with Gasteiger partial charge in [-0.2, -0.15) is 0 Å². The summed E-state index contributed by atoms with van der Waals surface area (Å²) < 4.78 is 1.99. The lowest BCUT2D eigenvalue weighted by Gasteiger charge is -2.52. The summed E-state index contributed by atoms with van der Waals surface area (Å²) >= 11 is 7.18. The summed E-state index contributed by atoms with van der Waals surface area (Å²) in [7, 11) is 2.17. The van der Waals surface area contributed by atoms with Crippen LogP contribution in [0, 0.1) is 5.92 Å². The quantitative estimate of drug-likeness (QED) is 0.175. The molecule has 0 fully saturated rings. The van der Waals surface area contributed by atoms with Gasteiger partial charge in [0.2, 0.25) is 0 Å². The number of carbonyl (C=O) groups is 1. The molecule has 0 saturated heterocycles. The first-order valence-electron chi connectivity index (χ1n) is 14.5. The minimum atomic E-state index is -0.702. The van der Waals surface area contributed by atoms with E-state index in [0.29, 0.717) is 5.56 Å². The van der Waals surface area contributed by atoms with Gasteiger partial charge >= 0.3 is 0 Å². The average Bonchev–Trinajstić information content (AvgIpc) is 3.19. The topological polar surface area (TPSA) is 20.3 Å². The van der Waals surface area contributed by atoms with Crippen molar-refractivity contribution in [1.29, 1.82) is 0 Å². The summed E-state index contributed by atoms with van der Waals surface area (Å²) in [6, 6.07) is 39.8. The van der Waals surface area contributed by atoms with Crippen molar-refractivity contribution >= 4 is 65.2 Å². The molecule has 4 heteroatoms. The first kappa shape index (κ1) is 28.1. The Hall–Kier alpha value is -3.73. The predicted molar refractivity (Wildman–Crippen MR) is 187 cm³/mol. The molecule has 5 aromatic rings. The van der Waals surface area contributed by atoms with Crippen LogP contribution in [0.15, 0.2) is 136 Å². The second kappa shape index (κ2) is 10.5. The number of allylic oxidation sites excluding steroid dienone is 2. The molecule has 2 aliphatic rings. The maximum Gasteiger partial charge on any atom is 0.173 e. The molecule has 2 atom stereocenters. The Morgan fingerprint density at radius 2 is 1.35 bits per heavy atom. The van der Waals surface area contributed by atoms with Gasteiger partial charge in [-0.1, -0.05) is 131 Å². The molecule has 0 N–H and O–H groups in total. The van der Waals surface area contributed by atoms with Gasteiger partial charge in [0.25, 0.3) is 0 Å². The van der Waals surface area contributed by atoms with Gasteiger partial charge in [0, 0.05) is 32.7 Å². The van der Waals surface area contributed by atoms with Crippen LogP contribution in [0.2, 0.25) is 0 Å². The molecule has 212 valence electrons. The maximum atomic E-state index is 15.1. The SMILES string of the molecule is CN1c2ccc3ccccc3c2C(C)(C)[C@@]12C=C(c1ccc(Br)cc1)C=C(c1ccccc1)[C@H]2C(=O)c1ccc(Br)cc1. The summed E-state index contributed by atoms with van der Waals surface area (Å²) in [5.41, 5.74) is 6.34. The molecule has 1 heterocycles. The number of fused-ring (bicyclic) bond motifs is 3. The van der Waals surface area contributed by atoms with E-state index in [9.17, 15) is 0 Å². The van der Waals surface area contributed by atoms with E-state index in [1.165, 1.54) is 16.3 Å². The van der Waals surface area contributed by atoms with Crippen LogP contribution in [0.5, 0.6) is 0 Å². The highest BCUT2D eigenvalue weighted by atomic mass is 79.9. The Balaban J connectivity index is 1.57. The molecule has 0 bridgehead atoms. The second-order valence-electron chi connectivity index (χ2n) is 12.1. The summed E-state index contributed by atoms with van der Waals surface area (Å²) in [6.45, 7) is 4.65. The fraction of sp³-hybridized carbons (Fsp3) is 0.154. The third-order valence-corrected chi connectivity index (χ3v) is 10.6. The number of anilines is 1. The van der Waals surface area contributed by atoms with E-state index in [0.717, 1.165) is 36.9 Å². The van der Waals surface area contributed by atoms with E-state index in [1.54, 1.807) is 0 Å². The Bertz CT molecular complexity index is 1940. The van der Waals surface area contributed by atoms with Crippen molar-refractivity contribution in [3.63, 3.8) is 0 Å². The highest BCUT2D eigenvalue weighted by Gasteiger charge is 2.62. The number of benzene rings is 5. The second-order valence-corrected chi connectivity index (χ2v) is 13.9. The van der Waals surface area contributed by atoms with Crippen molar-refractivity contribution in [3.05, 3.63) is 159 Å². The van der Waals surface area contributed by atoms with Gasteiger partial charge in [-0.3, -0.25) is 4.79 Å². The lowest BCUT2D eigenvalue weighted by molar-refractivity contribution is 0.0886. The van der Waals surface area contributed by atoms with E-state index in [-0.39, 0.29) is 5.78 Å². The van der Waals surface area contributed by atoms with Crippen molar-refractivity contribution in [2.45, 2.75) is 24.8 Å². The van der Waals surface area contributed by atoms with Crippen molar-refractivity contribution in [1.82, 2.24) is 0 Å². The van der Waals surface area contributed by atoms with E-state index in [4.69, 9.17) is 0 Å². The van der Waals surface area contributed by atoms with Crippen LogP contribution >= 0.6 is 31.9 Å². The number of hydrogen-bond acceptors (Lipinski definition) is 2. The molecule has 7 rings (SSSR count). The number of rotatable bonds is 4. The van der Waals surface area contributed by atoms with Crippen LogP contribution in [0.3, 0.4) is 0 Å². The van der Waals surface area contributed by atoms with Gasteiger partial charge < -0.3 is 4.90 Å². The zero-order valence-electron chi connectivity index (χ0n) is 24.3. The van der Waals surface area contributed by atoms with Gasteiger partial charge in [-0.05, 0) is 81.1 Å². The van der Waals surface area contributed by atoms with Crippen LogP contribution in [-0.2, 0) is 5.41 Å². The Kier molecular flexibility index (Phi) is 6.83. The van der Waals surface area contributed by atoms with Crippen LogP contribution in [0.4, 0.5) is 5.69 Å². The van der Waals surface area contributed by atoms with Gasteiger partial charge in [0.1, 0.15) is 0 Å². The highest BCUT2D eigenvalue weighted by Crippen LogP contribution is 2.61. The summed E-state index contributed by atoms with van der Waals surface area (Å²) in [5.74, 6) is -0.354. The van der Waals surface area contributed by atoms with Gasteiger partial charge in [0.15, 0.2) is 5.78 Å². The smallest absolute Gasteiger partial charge is 0.173 e. The minimum Gasteiger partial charge on any atom is -0.363 e. The zero-order chi connectivity index (χ0) is 29.9. The van der Waals surface area contributed by atoms with Gasteiger partial charge in [0.05, 0.1) is 11.5 Å². The Labute approximate surface area is 270 Å². The molecule has 43 heavy (non-hydrogen) atoms. The standard InChI is InChI=1S/C39H31Br2NO/c1-38(2)35-32-12-8-7-11-27(32)17-22-34(35)42(3)39(38)24-29(25-13-18-30(40)19-14-25)23-33(26-9-5-4-6-10-26)36(39)37(43)28-15-20-31(41)21-16-28/h4-24,36H,1-3H3/t36-,39-/m0/s1. The van der Waals surface area contributed by atoms with E-state index in [2.05, 4.69) is 155 Å². The number of halogens is 2. The van der Waals surface area contributed by atoms with Crippen molar-refractivity contribution < 1.29 is 4.79 Å². The third-order valence-electron chi connectivity index (χ3n) is 9.56. The van der Waals surface area contributed by atoms with Crippen LogP contribution in [0.25, 0.3) is 21.9 Å². The minimum absolute atomic E-state index is 0.116. The number of Topliss-reactive ketones (excluding diaryl/α,β-unsaturated/α-hetero) is 1. The number of likely N-dealkylation sites (N-methyl/N-ethyl adjacent to an activating group) is 1. The van der Waals surface area contributed by atoms with Crippen LogP contribution in [-0.4, -0.2) is 18.4 Å². The third kappa shape index (κ3) is 4.29.